The maximum absolute atomic E-state index is 12.2. The van der Waals surface area contributed by atoms with Gasteiger partial charge in [0.2, 0.25) is 5.91 Å². The minimum atomic E-state index is -2.84. The highest BCUT2D eigenvalue weighted by Gasteiger charge is 2.44. The molecule has 3 rings (SSSR count). The fraction of sp³-hybridized carbons (Fsp3) is 0.333. The molecule has 2 aromatic rings. The van der Waals surface area contributed by atoms with E-state index in [1.807, 2.05) is 0 Å². The summed E-state index contributed by atoms with van der Waals surface area (Å²) in [6.07, 6.45) is 2.30. The van der Waals surface area contributed by atoms with Crippen LogP contribution in [0.4, 0.5) is 14.6 Å². The van der Waals surface area contributed by atoms with Crippen LogP contribution in [0.15, 0.2) is 30.5 Å². The number of alkyl halides is 2. The third-order valence-electron chi connectivity index (χ3n) is 3.69. The van der Waals surface area contributed by atoms with Crippen LogP contribution in [0.25, 0.3) is 0 Å². The first-order valence-corrected chi connectivity index (χ1v) is 7.36. The number of carbonyl (C=O) groups excluding carboxylic acids is 1. The minimum absolute atomic E-state index is 0.0677. The van der Waals surface area contributed by atoms with Crippen molar-refractivity contribution in [3.63, 3.8) is 0 Å². The summed E-state index contributed by atoms with van der Waals surface area (Å²) in [5.41, 5.74) is 0.916. The van der Waals surface area contributed by atoms with Crippen molar-refractivity contribution in [2.75, 3.05) is 5.32 Å². The van der Waals surface area contributed by atoms with Gasteiger partial charge < -0.3 is 10.1 Å². The zero-order valence-electron chi connectivity index (χ0n) is 12.2. The van der Waals surface area contributed by atoms with E-state index >= 15 is 0 Å². The molecule has 5 nitrogen and oxygen atoms in total. The lowest BCUT2D eigenvalue weighted by Crippen LogP contribution is -2.15. The van der Waals surface area contributed by atoms with Crippen molar-refractivity contribution in [2.45, 2.75) is 19.0 Å². The number of benzene rings is 1. The van der Waals surface area contributed by atoms with E-state index in [1.165, 1.54) is 16.8 Å². The number of rotatable bonds is 5. The van der Waals surface area contributed by atoms with Crippen LogP contribution in [0.2, 0.25) is 5.02 Å². The summed E-state index contributed by atoms with van der Waals surface area (Å²) in [6.45, 7) is -2.84. The summed E-state index contributed by atoms with van der Waals surface area (Å²) in [4.78, 5) is 12.2. The Morgan fingerprint density at radius 2 is 2.13 bits per heavy atom. The highest BCUT2D eigenvalue weighted by atomic mass is 35.5. The number of nitrogens with one attached hydrogen (secondary N) is 1. The molecule has 122 valence electrons. The molecule has 1 fully saturated rings. The number of amides is 1. The van der Waals surface area contributed by atoms with E-state index in [-0.39, 0.29) is 23.5 Å². The first-order valence-electron chi connectivity index (χ1n) is 6.99. The van der Waals surface area contributed by atoms with Gasteiger partial charge in [-0.1, -0.05) is 23.7 Å². The average molecular weight is 342 g/mol. The smallest absolute Gasteiger partial charge is 0.387 e. The molecule has 1 aromatic carbocycles. The van der Waals surface area contributed by atoms with Gasteiger partial charge in [-0.2, -0.15) is 13.9 Å². The molecule has 8 heteroatoms. The Balaban J connectivity index is 1.60. The number of aromatic nitrogens is 2. The number of anilines is 1. The number of carbonyl (C=O) groups is 1. The monoisotopic (exact) mass is 341 g/mol. The van der Waals surface area contributed by atoms with Gasteiger partial charge in [0, 0.05) is 19.2 Å². The average Bonchev–Trinajstić information content (AvgIpc) is 3.21. The van der Waals surface area contributed by atoms with Crippen LogP contribution in [0.5, 0.6) is 5.75 Å². The van der Waals surface area contributed by atoms with Gasteiger partial charge in [0.1, 0.15) is 10.8 Å². The molecule has 0 bridgehead atoms. The van der Waals surface area contributed by atoms with Gasteiger partial charge in [0.15, 0.2) is 5.82 Å². The molecular formula is C15H14ClF2N3O2. The topological polar surface area (TPSA) is 56.2 Å². The van der Waals surface area contributed by atoms with Crippen LogP contribution in [0.3, 0.4) is 0 Å². The molecule has 1 N–H and O–H groups in total. The van der Waals surface area contributed by atoms with Gasteiger partial charge in [-0.15, -0.1) is 0 Å². The van der Waals surface area contributed by atoms with Crippen molar-refractivity contribution < 1.29 is 18.3 Å². The van der Waals surface area contributed by atoms with Gasteiger partial charge >= 0.3 is 6.61 Å². The standard InChI is InChI=1S/C15H14ClF2N3O2/c1-21-7-12(16)13(20-21)19-14(22)11-6-10(11)8-2-4-9(5-3-8)23-15(17)18/h2-5,7,10-11,15H,6H2,1H3,(H,19,20,22)/t10-,11+/m0/s1. The van der Waals surface area contributed by atoms with E-state index < -0.39 is 6.61 Å². The molecule has 0 saturated heterocycles. The van der Waals surface area contributed by atoms with E-state index in [4.69, 9.17) is 11.6 Å². The van der Waals surface area contributed by atoms with Crippen molar-refractivity contribution in [3.8, 4) is 5.75 Å². The predicted molar refractivity (Wildman–Crippen MR) is 80.8 cm³/mol. The molecule has 1 aliphatic rings. The van der Waals surface area contributed by atoms with E-state index in [1.54, 1.807) is 25.4 Å². The second-order valence-corrected chi connectivity index (χ2v) is 5.79. The van der Waals surface area contributed by atoms with Crippen molar-refractivity contribution in [3.05, 3.63) is 41.0 Å². The molecule has 0 unspecified atom stereocenters. The lowest BCUT2D eigenvalue weighted by molar-refractivity contribution is -0.117. The lowest BCUT2D eigenvalue weighted by atomic mass is 10.1. The van der Waals surface area contributed by atoms with Gasteiger partial charge in [-0.3, -0.25) is 9.48 Å². The van der Waals surface area contributed by atoms with E-state index in [9.17, 15) is 13.6 Å². The molecule has 2 atom stereocenters. The second-order valence-electron chi connectivity index (χ2n) is 5.38. The first kappa shape index (κ1) is 15.7. The Kier molecular flexibility index (Phi) is 4.21. The molecule has 1 saturated carbocycles. The normalized spacial score (nSPS) is 19.7. The van der Waals surface area contributed by atoms with Crippen LogP contribution in [0.1, 0.15) is 17.9 Å². The lowest BCUT2D eigenvalue weighted by Gasteiger charge is -2.06. The van der Waals surface area contributed by atoms with E-state index in [2.05, 4.69) is 15.2 Å². The van der Waals surface area contributed by atoms with Gasteiger partial charge in [-0.25, -0.2) is 0 Å². The molecule has 1 amide bonds. The number of aryl methyl sites for hydroxylation is 1. The summed E-state index contributed by atoms with van der Waals surface area (Å²) in [5.74, 6) is 0.188. The van der Waals surface area contributed by atoms with Crippen LogP contribution >= 0.6 is 11.6 Å². The van der Waals surface area contributed by atoms with Crippen molar-refractivity contribution in [2.24, 2.45) is 13.0 Å². The molecule has 1 aliphatic carbocycles. The summed E-state index contributed by atoms with van der Waals surface area (Å²) in [7, 11) is 1.71. The maximum Gasteiger partial charge on any atom is 0.387 e. The summed E-state index contributed by atoms with van der Waals surface area (Å²) >= 11 is 5.95. The van der Waals surface area contributed by atoms with Crippen LogP contribution in [-0.4, -0.2) is 22.3 Å². The fourth-order valence-corrected chi connectivity index (χ4v) is 2.73. The Bertz CT molecular complexity index is 718. The van der Waals surface area contributed by atoms with Crippen molar-refractivity contribution >= 4 is 23.3 Å². The highest BCUT2D eigenvalue weighted by molar-refractivity contribution is 6.33. The number of halogens is 3. The third kappa shape index (κ3) is 3.61. The molecule has 1 aromatic heterocycles. The third-order valence-corrected chi connectivity index (χ3v) is 3.96. The second kappa shape index (κ2) is 6.16. The van der Waals surface area contributed by atoms with Crippen molar-refractivity contribution in [1.29, 1.82) is 0 Å². The van der Waals surface area contributed by atoms with Gasteiger partial charge in [0.25, 0.3) is 0 Å². The molecule has 1 heterocycles. The van der Waals surface area contributed by atoms with Crippen molar-refractivity contribution in [1.82, 2.24) is 9.78 Å². The molecule has 0 radical (unpaired) electrons. The highest BCUT2D eigenvalue weighted by Crippen LogP contribution is 2.48. The van der Waals surface area contributed by atoms with E-state index in [0.29, 0.717) is 17.3 Å². The molecule has 23 heavy (non-hydrogen) atoms. The summed E-state index contributed by atoms with van der Waals surface area (Å²) in [6, 6.07) is 6.35. The zero-order valence-corrected chi connectivity index (χ0v) is 12.9. The predicted octanol–water partition coefficient (Wildman–Crippen LogP) is 3.42. The summed E-state index contributed by atoms with van der Waals surface area (Å²) in [5, 5.41) is 7.15. The number of hydrogen-bond donors (Lipinski definition) is 1. The van der Waals surface area contributed by atoms with E-state index in [0.717, 1.165) is 5.56 Å². The number of hydrogen-bond acceptors (Lipinski definition) is 3. The fourth-order valence-electron chi connectivity index (χ4n) is 2.50. The van der Waals surface area contributed by atoms with Crippen LogP contribution in [-0.2, 0) is 11.8 Å². The Morgan fingerprint density at radius 3 is 2.70 bits per heavy atom. The first-order chi connectivity index (χ1) is 10.9. The van der Waals surface area contributed by atoms with Gasteiger partial charge in [-0.05, 0) is 30.0 Å². The number of ether oxygens (including phenoxy) is 1. The molecule has 0 aliphatic heterocycles. The Morgan fingerprint density at radius 1 is 1.43 bits per heavy atom. The zero-order chi connectivity index (χ0) is 16.6. The number of nitrogens with zero attached hydrogens (tertiary/aromatic N) is 2. The molecular weight excluding hydrogens is 328 g/mol. The Hall–Kier alpha value is -2.15. The molecule has 0 spiro atoms. The van der Waals surface area contributed by atoms with Crippen LogP contribution < -0.4 is 10.1 Å². The summed E-state index contributed by atoms with van der Waals surface area (Å²) < 4.78 is 30.0. The maximum atomic E-state index is 12.2. The SMILES string of the molecule is Cn1cc(Cl)c(NC(=O)[C@@H]2C[C@H]2c2ccc(OC(F)F)cc2)n1. The largest absolute Gasteiger partial charge is 0.435 e. The van der Waals surface area contributed by atoms with Gasteiger partial charge in [0.05, 0.1) is 0 Å². The minimum Gasteiger partial charge on any atom is -0.435 e. The van der Waals surface area contributed by atoms with Crippen LogP contribution in [0, 0.1) is 5.92 Å². The quantitative estimate of drug-likeness (QED) is 0.906. The Labute approximate surface area is 136 Å².